The van der Waals surface area contributed by atoms with Crippen molar-refractivity contribution in [3.05, 3.63) is 47.5 Å². The van der Waals surface area contributed by atoms with Gasteiger partial charge in [0, 0.05) is 11.6 Å². The minimum absolute atomic E-state index is 0.0158. The summed E-state index contributed by atoms with van der Waals surface area (Å²) >= 11 is 0. The molecule has 0 aliphatic heterocycles. The highest BCUT2D eigenvalue weighted by atomic mass is 16.5. The second kappa shape index (κ2) is 6.30. The molecule has 0 saturated carbocycles. The summed E-state index contributed by atoms with van der Waals surface area (Å²) in [7, 11) is 1.24. The van der Waals surface area contributed by atoms with E-state index < -0.39 is 11.8 Å². The van der Waals surface area contributed by atoms with Gasteiger partial charge in [-0.05, 0) is 18.1 Å². The number of phenols is 2. The van der Waals surface area contributed by atoms with Gasteiger partial charge in [0.25, 0.3) is 0 Å². The fraction of sp³-hybridized carbons (Fsp3) is 0.176. The first-order valence-electron chi connectivity index (χ1n) is 6.66. The molecule has 0 amide bonds. The molecule has 0 spiro atoms. The Labute approximate surface area is 127 Å². The molecule has 2 aromatic rings. The van der Waals surface area contributed by atoms with E-state index in [0.29, 0.717) is 11.1 Å². The normalized spacial score (nSPS) is 10.3. The van der Waals surface area contributed by atoms with Gasteiger partial charge >= 0.3 is 5.97 Å². The van der Waals surface area contributed by atoms with Gasteiger partial charge in [-0.25, -0.2) is 0 Å². The number of carbonyl (C=O) groups excluding carboxylic acids is 2. The largest absolute Gasteiger partial charge is 0.507 e. The maximum absolute atomic E-state index is 11.9. The average Bonchev–Trinajstić information content (AvgIpc) is 2.47. The number of aromatic hydroxyl groups is 2. The third-order valence-electron chi connectivity index (χ3n) is 3.35. The Hall–Kier alpha value is -2.82. The molecule has 0 heterocycles. The van der Waals surface area contributed by atoms with E-state index >= 15 is 0 Å². The molecular weight excluding hydrogens is 284 g/mol. The van der Waals surface area contributed by atoms with Crippen LogP contribution in [0.2, 0.25) is 0 Å². The molecule has 0 saturated heterocycles. The molecule has 0 aliphatic rings. The zero-order chi connectivity index (χ0) is 16.3. The molecule has 0 aromatic heterocycles. The summed E-state index contributed by atoms with van der Waals surface area (Å²) in [5.74, 6) is -1.52. The second-order valence-corrected chi connectivity index (χ2v) is 4.82. The van der Waals surface area contributed by atoms with Crippen LogP contribution in [0.15, 0.2) is 36.4 Å². The van der Waals surface area contributed by atoms with Crippen LogP contribution in [0, 0.1) is 0 Å². The molecule has 0 radical (unpaired) electrons. The second-order valence-electron chi connectivity index (χ2n) is 4.82. The van der Waals surface area contributed by atoms with Gasteiger partial charge in [0.2, 0.25) is 0 Å². The van der Waals surface area contributed by atoms with Crippen LogP contribution >= 0.6 is 0 Å². The molecular formula is C17H16O5. The first-order valence-corrected chi connectivity index (χ1v) is 6.66. The molecule has 0 aliphatic carbocycles. The average molecular weight is 300 g/mol. The summed E-state index contributed by atoms with van der Waals surface area (Å²) in [6.45, 7) is 1.29. The van der Waals surface area contributed by atoms with E-state index in [2.05, 4.69) is 4.74 Å². The smallest absolute Gasteiger partial charge is 0.310 e. The lowest BCUT2D eigenvalue weighted by atomic mass is 9.90. The predicted octanol–water partition coefficient (Wildman–Crippen LogP) is 2.68. The van der Waals surface area contributed by atoms with Gasteiger partial charge in [0.05, 0.1) is 19.1 Å². The third-order valence-corrected chi connectivity index (χ3v) is 3.35. The number of esters is 1. The molecule has 2 N–H and O–H groups in total. The van der Waals surface area contributed by atoms with Crippen LogP contribution < -0.4 is 0 Å². The summed E-state index contributed by atoms with van der Waals surface area (Å²) in [6.07, 6.45) is -0.225. The van der Waals surface area contributed by atoms with Crippen molar-refractivity contribution in [1.29, 1.82) is 0 Å². The molecule has 5 heteroatoms. The topological polar surface area (TPSA) is 83.8 Å². The van der Waals surface area contributed by atoms with Crippen molar-refractivity contribution in [2.45, 2.75) is 13.3 Å². The maximum Gasteiger partial charge on any atom is 0.310 e. The van der Waals surface area contributed by atoms with Crippen molar-refractivity contribution < 1.29 is 24.5 Å². The fourth-order valence-corrected chi connectivity index (χ4v) is 2.42. The fourth-order valence-electron chi connectivity index (χ4n) is 2.42. The Balaban J connectivity index is 2.78. The molecule has 22 heavy (non-hydrogen) atoms. The summed E-state index contributed by atoms with van der Waals surface area (Å²) < 4.78 is 4.65. The predicted molar refractivity (Wildman–Crippen MR) is 80.9 cm³/mol. The van der Waals surface area contributed by atoms with Crippen LogP contribution in [0.4, 0.5) is 0 Å². The van der Waals surface area contributed by atoms with Gasteiger partial charge in [-0.3, -0.25) is 9.59 Å². The van der Waals surface area contributed by atoms with E-state index in [1.54, 1.807) is 24.3 Å². The number of Topliss-reactive ketones (excluding diaryl/α,β-unsaturated/α-hetero) is 1. The van der Waals surface area contributed by atoms with Crippen molar-refractivity contribution in [2.24, 2.45) is 0 Å². The minimum Gasteiger partial charge on any atom is -0.507 e. The zero-order valence-electron chi connectivity index (χ0n) is 12.3. The van der Waals surface area contributed by atoms with Gasteiger partial charge in [-0.2, -0.15) is 0 Å². The standard InChI is InChI=1S/C17H16O5/c1-10(18)16-12(8-15(21)22-2)17(14(20)9-13(16)19)11-6-4-3-5-7-11/h3-7,9,19-20H,8H2,1-2H3. The zero-order valence-corrected chi connectivity index (χ0v) is 12.3. The Bertz CT molecular complexity index is 720. The third kappa shape index (κ3) is 2.93. The number of rotatable bonds is 4. The van der Waals surface area contributed by atoms with E-state index in [0.717, 1.165) is 6.07 Å². The van der Waals surface area contributed by atoms with E-state index in [1.807, 2.05) is 6.07 Å². The van der Waals surface area contributed by atoms with E-state index in [1.165, 1.54) is 14.0 Å². The summed E-state index contributed by atoms with van der Waals surface area (Å²) in [5, 5.41) is 20.2. The van der Waals surface area contributed by atoms with Gasteiger partial charge in [0.15, 0.2) is 5.78 Å². The quantitative estimate of drug-likeness (QED) is 0.670. The van der Waals surface area contributed by atoms with Crippen molar-refractivity contribution >= 4 is 11.8 Å². The van der Waals surface area contributed by atoms with Gasteiger partial charge in [0.1, 0.15) is 11.5 Å². The van der Waals surface area contributed by atoms with Crippen LogP contribution in [-0.4, -0.2) is 29.1 Å². The lowest BCUT2D eigenvalue weighted by molar-refractivity contribution is -0.139. The minimum atomic E-state index is -0.565. The first-order chi connectivity index (χ1) is 10.5. The molecule has 0 unspecified atom stereocenters. The van der Waals surface area contributed by atoms with Crippen molar-refractivity contribution in [2.75, 3.05) is 7.11 Å². The Kier molecular flexibility index (Phi) is 4.46. The van der Waals surface area contributed by atoms with Crippen LogP contribution in [0.5, 0.6) is 11.5 Å². The molecule has 2 rings (SSSR count). The number of carbonyl (C=O) groups is 2. The van der Waals surface area contributed by atoms with Gasteiger partial charge in [-0.15, -0.1) is 0 Å². The SMILES string of the molecule is COC(=O)Cc1c(C(C)=O)c(O)cc(O)c1-c1ccccc1. The summed E-state index contributed by atoms with van der Waals surface area (Å²) in [5.41, 5.74) is 1.25. The lowest BCUT2D eigenvalue weighted by Crippen LogP contribution is -2.11. The first kappa shape index (κ1) is 15.6. The van der Waals surface area contributed by atoms with E-state index in [-0.39, 0.29) is 29.0 Å². The molecule has 2 aromatic carbocycles. The number of hydrogen-bond acceptors (Lipinski definition) is 5. The monoisotopic (exact) mass is 300 g/mol. The van der Waals surface area contributed by atoms with Crippen LogP contribution in [0.25, 0.3) is 11.1 Å². The summed E-state index contributed by atoms with van der Waals surface area (Å²) in [6, 6.07) is 9.97. The Morgan fingerprint density at radius 1 is 1.09 bits per heavy atom. The number of methoxy groups -OCH3 is 1. The highest BCUT2D eigenvalue weighted by Crippen LogP contribution is 2.40. The number of phenolic OH excluding ortho intramolecular Hbond substituents is 2. The van der Waals surface area contributed by atoms with Crippen molar-refractivity contribution in [1.82, 2.24) is 0 Å². The molecule has 0 atom stereocenters. The van der Waals surface area contributed by atoms with Crippen LogP contribution in [0.3, 0.4) is 0 Å². The number of benzene rings is 2. The Morgan fingerprint density at radius 3 is 2.27 bits per heavy atom. The van der Waals surface area contributed by atoms with Gasteiger partial charge < -0.3 is 14.9 Å². The van der Waals surface area contributed by atoms with E-state index in [4.69, 9.17) is 0 Å². The van der Waals surface area contributed by atoms with E-state index in [9.17, 15) is 19.8 Å². The van der Waals surface area contributed by atoms with Crippen LogP contribution in [0.1, 0.15) is 22.8 Å². The highest BCUT2D eigenvalue weighted by Gasteiger charge is 2.23. The maximum atomic E-state index is 11.9. The van der Waals surface area contributed by atoms with Crippen LogP contribution in [-0.2, 0) is 16.0 Å². The van der Waals surface area contributed by atoms with Gasteiger partial charge in [-0.1, -0.05) is 30.3 Å². The molecule has 114 valence electrons. The summed E-state index contributed by atoms with van der Waals surface area (Å²) in [4.78, 5) is 23.5. The number of hydrogen-bond donors (Lipinski definition) is 2. The number of ether oxygens (including phenoxy) is 1. The Morgan fingerprint density at radius 2 is 1.73 bits per heavy atom. The van der Waals surface area contributed by atoms with Crippen molar-refractivity contribution in [3.63, 3.8) is 0 Å². The lowest BCUT2D eigenvalue weighted by Gasteiger charge is -2.16. The highest BCUT2D eigenvalue weighted by molar-refractivity contribution is 6.02. The van der Waals surface area contributed by atoms with Crippen molar-refractivity contribution in [3.8, 4) is 22.6 Å². The molecule has 5 nitrogen and oxygen atoms in total. The molecule has 0 fully saturated rings. The number of ketones is 1. The molecule has 0 bridgehead atoms.